The fourth-order valence-electron chi connectivity index (χ4n) is 2.86. The van der Waals surface area contributed by atoms with Gasteiger partial charge in [0.1, 0.15) is 0 Å². The van der Waals surface area contributed by atoms with Gasteiger partial charge in [-0.1, -0.05) is 18.2 Å². The Balaban J connectivity index is 1.64. The fraction of sp³-hybridized carbons (Fsp3) is 0.353. The molecule has 1 saturated heterocycles. The molecule has 3 rings (SSSR count). The molecule has 2 aromatic rings. The van der Waals surface area contributed by atoms with Crippen LogP contribution in [0.4, 0.5) is 0 Å². The second-order valence-electron chi connectivity index (χ2n) is 6.07. The van der Waals surface area contributed by atoms with E-state index < -0.39 is 34.4 Å². The van der Waals surface area contributed by atoms with Crippen LogP contribution in [-0.4, -0.2) is 49.4 Å². The smallest absolute Gasteiger partial charge is 0.339 e. The van der Waals surface area contributed by atoms with Crippen LogP contribution in [0.3, 0.4) is 0 Å². The summed E-state index contributed by atoms with van der Waals surface area (Å²) in [5.41, 5.74) is 1.70. The molecular formula is C17H18N2O5S. The Kier molecular flexibility index (Phi) is 4.71. The van der Waals surface area contributed by atoms with Crippen molar-refractivity contribution in [2.75, 3.05) is 18.1 Å². The van der Waals surface area contributed by atoms with Gasteiger partial charge in [-0.05, 0) is 25.5 Å². The number of aryl methyl sites for hydroxylation is 1. The molecule has 2 heterocycles. The van der Waals surface area contributed by atoms with Crippen LogP contribution in [0.1, 0.15) is 22.5 Å². The van der Waals surface area contributed by atoms with Gasteiger partial charge in [0.15, 0.2) is 16.4 Å². The number of rotatable bonds is 4. The third-order valence-electron chi connectivity index (χ3n) is 4.00. The van der Waals surface area contributed by atoms with Crippen LogP contribution in [0.5, 0.6) is 0 Å². The number of carbonyl (C=O) groups excluding carboxylic acids is 2. The minimum atomic E-state index is -3.07. The average molecular weight is 362 g/mol. The first kappa shape index (κ1) is 17.3. The minimum absolute atomic E-state index is 0.0686. The first-order valence-electron chi connectivity index (χ1n) is 7.87. The van der Waals surface area contributed by atoms with Crippen molar-refractivity contribution in [3.8, 4) is 0 Å². The number of sulfone groups is 1. The molecule has 0 bridgehead atoms. The molecule has 1 aromatic heterocycles. The second-order valence-corrected chi connectivity index (χ2v) is 8.30. The van der Waals surface area contributed by atoms with Crippen molar-refractivity contribution in [1.29, 1.82) is 0 Å². The molecule has 1 amide bonds. The lowest BCUT2D eigenvalue weighted by Gasteiger charge is -2.12. The van der Waals surface area contributed by atoms with E-state index in [2.05, 4.69) is 10.3 Å². The van der Waals surface area contributed by atoms with Gasteiger partial charge in [0.25, 0.3) is 5.91 Å². The van der Waals surface area contributed by atoms with Crippen LogP contribution in [-0.2, 0) is 19.4 Å². The molecule has 7 nitrogen and oxygen atoms in total. The normalized spacial score (nSPS) is 18.8. The summed E-state index contributed by atoms with van der Waals surface area (Å²) < 4.78 is 27.9. The van der Waals surface area contributed by atoms with Gasteiger partial charge < -0.3 is 10.1 Å². The molecule has 0 unspecified atom stereocenters. The van der Waals surface area contributed by atoms with E-state index in [-0.39, 0.29) is 11.5 Å². The number of nitrogens with one attached hydrogen (secondary N) is 1. The molecule has 8 heteroatoms. The van der Waals surface area contributed by atoms with E-state index in [4.69, 9.17) is 4.74 Å². The summed E-state index contributed by atoms with van der Waals surface area (Å²) in [5.74, 6) is -1.12. The number of benzene rings is 1. The highest BCUT2D eigenvalue weighted by Gasteiger charge is 2.29. The third-order valence-corrected chi connectivity index (χ3v) is 5.76. The molecule has 0 spiro atoms. The van der Waals surface area contributed by atoms with Crippen molar-refractivity contribution in [2.45, 2.75) is 19.4 Å². The molecule has 0 saturated carbocycles. The zero-order chi connectivity index (χ0) is 18.0. The number of esters is 1. The highest BCUT2D eigenvalue weighted by Crippen LogP contribution is 2.19. The van der Waals surface area contributed by atoms with Gasteiger partial charge in [0.2, 0.25) is 0 Å². The molecule has 0 radical (unpaired) electrons. The molecule has 1 aromatic carbocycles. The van der Waals surface area contributed by atoms with Crippen LogP contribution in [0.25, 0.3) is 10.9 Å². The summed E-state index contributed by atoms with van der Waals surface area (Å²) in [6.07, 6.45) is 0.385. The summed E-state index contributed by atoms with van der Waals surface area (Å²) in [7, 11) is -3.07. The summed E-state index contributed by atoms with van der Waals surface area (Å²) in [4.78, 5) is 28.6. The predicted octanol–water partition coefficient (Wildman–Crippen LogP) is 1.00. The van der Waals surface area contributed by atoms with Crippen LogP contribution < -0.4 is 5.32 Å². The van der Waals surface area contributed by atoms with Gasteiger partial charge >= 0.3 is 5.97 Å². The van der Waals surface area contributed by atoms with E-state index in [1.165, 1.54) is 0 Å². The minimum Gasteiger partial charge on any atom is -0.452 e. The third kappa shape index (κ3) is 4.14. The first-order valence-corrected chi connectivity index (χ1v) is 9.69. The van der Waals surface area contributed by atoms with Crippen LogP contribution in [0.15, 0.2) is 30.3 Å². The largest absolute Gasteiger partial charge is 0.452 e. The van der Waals surface area contributed by atoms with Crippen molar-refractivity contribution in [1.82, 2.24) is 10.3 Å². The molecule has 1 atom stereocenters. The maximum atomic E-state index is 12.3. The number of nitrogens with zero attached hydrogens (tertiary/aromatic N) is 1. The number of para-hydroxylation sites is 1. The lowest BCUT2D eigenvalue weighted by atomic mass is 10.1. The van der Waals surface area contributed by atoms with Crippen molar-refractivity contribution in [3.63, 3.8) is 0 Å². The lowest BCUT2D eigenvalue weighted by Crippen LogP contribution is -2.38. The zero-order valence-corrected chi connectivity index (χ0v) is 14.5. The molecule has 1 aliphatic rings. The molecular weight excluding hydrogens is 344 g/mol. The second kappa shape index (κ2) is 6.79. The van der Waals surface area contributed by atoms with Crippen molar-refractivity contribution in [2.24, 2.45) is 0 Å². The van der Waals surface area contributed by atoms with E-state index in [0.29, 0.717) is 28.6 Å². The molecule has 132 valence electrons. The van der Waals surface area contributed by atoms with Crippen LogP contribution in [0.2, 0.25) is 0 Å². The SMILES string of the molecule is Cc1cc(C(=O)OCC(=O)N[C@H]2CCS(=O)(=O)C2)c2ccccc2n1. The average Bonchev–Trinajstić information content (AvgIpc) is 2.90. The predicted molar refractivity (Wildman–Crippen MR) is 92.0 cm³/mol. The Hall–Kier alpha value is -2.48. The number of amides is 1. The van der Waals surface area contributed by atoms with Gasteiger partial charge in [0.05, 0.1) is 22.6 Å². The summed E-state index contributed by atoms with van der Waals surface area (Å²) in [6.45, 7) is 1.32. The van der Waals surface area contributed by atoms with Crippen LogP contribution in [0, 0.1) is 6.92 Å². The summed E-state index contributed by atoms with van der Waals surface area (Å²) >= 11 is 0. The van der Waals surface area contributed by atoms with Crippen molar-refractivity contribution < 1.29 is 22.7 Å². The summed E-state index contributed by atoms with van der Waals surface area (Å²) in [6, 6.07) is 8.39. The Bertz CT molecular complexity index is 939. The van der Waals surface area contributed by atoms with Crippen LogP contribution >= 0.6 is 0 Å². The Morgan fingerprint density at radius 1 is 1.32 bits per heavy atom. The van der Waals surface area contributed by atoms with Gasteiger partial charge in [-0.25, -0.2) is 13.2 Å². The Labute approximate surface area is 145 Å². The number of ether oxygens (including phenoxy) is 1. The number of aromatic nitrogens is 1. The topological polar surface area (TPSA) is 102 Å². The summed E-state index contributed by atoms with van der Waals surface area (Å²) in [5, 5.41) is 3.24. The zero-order valence-electron chi connectivity index (χ0n) is 13.7. The maximum Gasteiger partial charge on any atom is 0.339 e. The van der Waals surface area contributed by atoms with E-state index in [1.807, 2.05) is 6.07 Å². The molecule has 0 aliphatic carbocycles. The number of fused-ring (bicyclic) bond motifs is 1. The van der Waals surface area contributed by atoms with Crippen molar-refractivity contribution in [3.05, 3.63) is 41.6 Å². The maximum absolute atomic E-state index is 12.3. The van der Waals surface area contributed by atoms with E-state index in [0.717, 1.165) is 0 Å². The monoisotopic (exact) mass is 362 g/mol. The van der Waals surface area contributed by atoms with Crippen molar-refractivity contribution >= 4 is 32.6 Å². The molecule has 1 fully saturated rings. The molecule has 25 heavy (non-hydrogen) atoms. The lowest BCUT2D eigenvalue weighted by molar-refractivity contribution is -0.124. The highest BCUT2D eigenvalue weighted by molar-refractivity contribution is 7.91. The standard InChI is InChI=1S/C17H18N2O5S/c1-11-8-14(13-4-2-3-5-15(13)18-11)17(21)24-9-16(20)19-12-6-7-25(22,23)10-12/h2-5,8,12H,6-7,9-10H2,1H3,(H,19,20)/t12-/m0/s1. The van der Waals surface area contributed by atoms with E-state index in [9.17, 15) is 18.0 Å². The van der Waals surface area contributed by atoms with Gasteiger partial charge in [-0.3, -0.25) is 9.78 Å². The van der Waals surface area contributed by atoms with Gasteiger partial charge in [-0.15, -0.1) is 0 Å². The fourth-order valence-corrected chi connectivity index (χ4v) is 4.54. The molecule has 1 N–H and O–H groups in total. The Morgan fingerprint density at radius 3 is 2.80 bits per heavy atom. The first-order chi connectivity index (χ1) is 11.8. The number of hydrogen-bond donors (Lipinski definition) is 1. The van der Waals surface area contributed by atoms with E-state index in [1.54, 1.807) is 31.2 Å². The highest BCUT2D eigenvalue weighted by atomic mass is 32.2. The number of carbonyl (C=O) groups is 2. The Morgan fingerprint density at radius 2 is 2.08 bits per heavy atom. The van der Waals surface area contributed by atoms with Gasteiger partial charge in [-0.2, -0.15) is 0 Å². The van der Waals surface area contributed by atoms with E-state index >= 15 is 0 Å². The quantitative estimate of drug-likeness (QED) is 0.814. The molecule has 1 aliphatic heterocycles. The number of hydrogen-bond acceptors (Lipinski definition) is 6. The van der Waals surface area contributed by atoms with Gasteiger partial charge in [0, 0.05) is 17.1 Å². The number of pyridine rings is 1.